The molecule has 3 aromatic heterocycles. The van der Waals surface area contributed by atoms with Gasteiger partial charge in [0.25, 0.3) is 5.89 Å². The third-order valence-corrected chi connectivity index (χ3v) is 5.02. The first-order valence-electron chi connectivity index (χ1n) is 9.05. The molecule has 1 atom stereocenters. The number of hydrogen-bond donors (Lipinski definition) is 0. The summed E-state index contributed by atoms with van der Waals surface area (Å²) in [5, 5.41) is 12.5. The summed E-state index contributed by atoms with van der Waals surface area (Å²) in [6.07, 6.45) is 2.08. The van der Waals surface area contributed by atoms with Gasteiger partial charge in [0, 0.05) is 18.7 Å². The molecule has 4 heterocycles. The maximum absolute atomic E-state index is 5.90. The Balaban J connectivity index is 1.50. The largest absolute Gasteiger partial charge is 0.418 e. The highest BCUT2D eigenvalue weighted by Crippen LogP contribution is 2.33. The van der Waals surface area contributed by atoms with Crippen LogP contribution in [-0.2, 0) is 13.6 Å². The minimum atomic E-state index is 0.114. The third kappa shape index (κ3) is 3.05. The topological polar surface area (TPSA) is 86.0 Å². The highest BCUT2D eigenvalue weighted by molar-refractivity contribution is 5.48. The van der Waals surface area contributed by atoms with E-state index in [1.807, 2.05) is 30.7 Å². The second-order valence-electron chi connectivity index (χ2n) is 7.19. The minimum absolute atomic E-state index is 0.114. The number of rotatable bonds is 5. The van der Waals surface area contributed by atoms with Gasteiger partial charge in [-0.3, -0.25) is 4.90 Å². The number of aromatic nitrogens is 5. The van der Waals surface area contributed by atoms with Gasteiger partial charge in [0.15, 0.2) is 5.82 Å². The molecule has 1 saturated heterocycles. The van der Waals surface area contributed by atoms with Crippen LogP contribution in [0.15, 0.2) is 21.1 Å². The molecule has 8 nitrogen and oxygen atoms in total. The number of aryl methyl sites for hydroxylation is 1. The Morgan fingerprint density at radius 2 is 2.12 bits per heavy atom. The van der Waals surface area contributed by atoms with Crippen LogP contribution in [0, 0.1) is 6.92 Å². The molecule has 0 aliphatic carbocycles. The molecular weight excluding hydrogens is 332 g/mol. The number of hydrogen-bond acceptors (Lipinski definition) is 7. The van der Waals surface area contributed by atoms with Crippen molar-refractivity contribution in [3.8, 4) is 11.6 Å². The molecule has 0 N–H and O–H groups in total. The van der Waals surface area contributed by atoms with Gasteiger partial charge in [-0.15, -0.1) is 10.2 Å². The summed E-state index contributed by atoms with van der Waals surface area (Å²) >= 11 is 0. The lowest BCUT2D eigenvalue weighted by Crippen LogP contribution is -2.23. The van der Waals surface area contributed by atoms with E-state index in [4.69, 9.17) is 8.94 Å². The van der Waals surface area contributed by atoms with E-state index in [0.29, 0.717) is 24.2 Å². The predicted molar refractivity (Wildman–Crippen MR) is 94.2 cm³/mol. The van der Waals surface area contributed by atoms with Gasteiger partial charge in [-0.05, 0) is 38.4 Å². The Morgan fingerprint density at radius 3 is 2.81 bits per heavy atom. The molecular formula is C18H24N6O2. The van der Waals surface area contributed by atoms with E-state index in [-0.39, 0.29) is 12.0 Å². The van der Waals surface area contributed by atoms with Crippen LogP contribution in [0.4, 0.5) is 0 Å². The summed E-state index contributed by atoms with van der Waals surface area (Å²) in [4.78, 5) is 6.83. The summed E-state index contributed by atoms with van der Waals surface area (Å²) in [6, 6.07) is 4.15. The highest BCUT2D eigenvalue weighted by atomic mass is 16.5. The van der Waals surface area contributed by atoms with Crippen molar-refractivity contribution in [2.24, 2.45) is 7.05 Å². The Bertz CT molecular complexity index is 893. The van der Waals surface area contributed by atoms with E-state index in [0.717, 1.165) is 36.6 Å². The zero-order valence-electron chi connectivity index (χ0n) is 15.6. The van der Waals surface area contributed by atoms with E-state index in [2.05, 4.69) is 39.1 Å². The predicted octanol–water partition coefficient (Wildman–Crippen LogP) is 3.23. The molecule has 4 rings (SSSR count). The maximum atomic E-state index is 5.90. The number of likely N-dealkylation sites (tertiary alicyclic amines) is 1. The first kappa shape index (κ1) is 17.0. The molecule has 0 aromatic carbocycles. The van der Waals surface area contributed by atoms with Crippen LogP contribution in [0.5, 0.6) is 0 Å². The van der Waals surface area contributed by atoms with E-state index >= 15 is 0 Å². The highest BCUT2D eigenvalue weighted by Gasteiger charge is 2.32. The van der Waals surface area contributed by atoms with Crippen molar-refractivity contribution in [2.45, 2.75) is 52.1 Å². The van der Waals surface area contributed by atoms with E-state index in [1.165, 1.54) is 0 Å². The van der Waals surface area contributed by atoms with Crippen molar-refractivity contribution in [1.82, 2.24) is 29.8 Å². The van der Waals surface area contributed by atoms with Crippen LogP contribution in [-0.4, -0.2) is 36.3 Å². The molecule has 0 amide bonds. The van der Waals surface area contributed by atoms with E-state index < -0.39 is 0 Å². The zero-order valence-corrected chi connectivity index (χ0v) is 15.6. The average Bonchev–Trinajstić information content (AvgIpc) is 3.37. The smallest absolute Gasteiger partial charge is 0.264 e. The van der Waals surface area contributed by atoms with E-state index in [9.17, 15) is 0 Å². The molecule has 8 heteroatoms. The standard InChI is InChI=1S/C18H24N6O2/c1-11(2)16-19-17(26-22-16)14-6-5-9-24(14)10-15-20-21-18(25-15)13-8-7-12(3)23(13)4/h7-8,11,14H,5-6,9-10H2,1-4H3. The maximum Gasteiger partial charge on any atom is 0.264 e. The van der Waals surface area contributed by atoms with E-state index in [1.54, 1.807) is 0 Å². The van der Waals surface area contributed by atoms with Crippen LogP contribution in [0.2, 0.25) is 0 Å². The fourth-order valence-electron chi connectivity index (χ4n) is 3.33. The molecule has 138 valence electrons. The molecule has 1 aliphatic heterocycles. The van der Waals surface area contributed by atoms with Gasteiger partial charge in [-0.1, -0.05) is 19.0 Å². The molecule has 1 aliphatic rings. The molecule has 0 bridgehead atoms. The summed E-state index contributed by atoms with van der Waals surface area (Å²) < 4.78 is 13.4. The van der Waals surface area contributed by atoms with Gasteiger partial charge in [0.05, 0.1) is 12.6 Å². The molecule has 3 aromatic rings. The lowest BCUT2D eigenvalue weighted by Gasteiger charge is -2.19. The second-order valence-corrected chi connectivity index (χ2v) is 7.19. The second kappa shape index (κ2) is 6.68. The van der Waals surface area contributed by atoms with Crippen molar-refractivity contribution < 1.29 is 8.94 Å². The summed E-state index contributed by atoms with van der Waals surface area (Å²) in [6.45, 7) is 7.70. The monoisotopic (exact) mass is 356 g/mol. The fourth-order valence-corrected chi connectivity index (χ4v) is 3.33. The first-order valence-corrected chi connectivity index (χ1v) is 9.05. The Hall–Kier alpha value is -2.48. The Kier molecular flexibility index (Phi) is 4.36. The molecule has 1 fully saturated rings. The normalized spacial score (nSPS) is 18.3. The van der Waals surface area contributed by atoms with Crippen LogP contribution in [0.1, 0.15) is 61.9 Å². The lowest BCUT2D eigenvalue weighted by molar-refractivity contribution is 0.185. The van der Waals surface area contributed by atoms with Gasteiger partial charge in [0.2, 0.25) is 11.8 Å². The zero-order chi connectivity index (χ0) is 18.3. The van der Waals surface area contributed by atoms with Gasteiger partial charge in [0.1, 0.15) is 5.69 Å². The summed E-state index contributed by atoms with van der Waals surface area (Å²) in [5.41, 5.74) is 2.08. The van der Waals surface area contributed by atoms with Crippen LogP contribution >= 0.6 is 0 Å². The number of nitrogens with zero attached hydrogens (tertiary/aromatic N) is 6. The van der Waals surface area contributed by atoms with Crippen molar-refractivity contribution in [2.75, 3.05) is 6.54 Å². The Labute approximate surface area is 152 Å². The van der Waals surface area contributed by atoms with Crippen LogP contribution in [0.3, 0.4) is 0 Å². The molecule has 1 unspecified atom stereocenters. The average molecular weight is 356 g/mol. The fraction of sp³-hybridized carbons (Fsp3) is 0.556. The minimum Gasteiger partial charge on any atom is -0.418 e. The van der Waals surface area contributed by atoms with Crippen molar-refractivity contribution in [1.29, 1.82) is 0 Å². The summed E-state index contributed by atoms with van der Waals surface area (Å²) in [7, 11) is 1.99. The Morgan fingerprint density at radius 1 is 1.27 bits per heavy atom. The van der Waals surface area contributed by atoms with Gasteiger partial charge in [-0.2, -0.15) is 4.98 Å². The van der Waals surface area contributed by atoms with Gasteiger partial charge >= 0.3 is 0 Å². The lowest BCUT2D eigenvalue weighted by atomic mass is 10.2. The quantitative estimate of drug-likeness (QED) is 0.693. The van der Waals surface area contributed by atoms with Crippen molar-refractivity contribution in [3.05, 3.63) is 35.4 Å². The van der Waals surface area contributed by atoms with Crippen molar-refractivity contribution in [3.63, 3.8) is 0 Å². The molecule has 0 spiro atoms. The van der Waals surface area contributed by atoms with Gasteiger partial charge < -0.3 is 13.5 Å². The third-order valence-electron chi connectivity index (χ3n) is 5.02. The molecule has 0 saturated carbocycles. The molecule has 0 radical (unpaired) electrons. The summed E-state index contributed by atoms with van der Waals surface area (Å²) in [5.74, 6) is 2.85. The molecule has 26 heavy (non-hydrogen) atoms. The van der Waals surface area contributed by atoms with Crippen molar-refractivity contribution >= 4 is 0 Å². The van der Waals surface area contributed by atoms with Crippen LogP contribution < -0.4 is 0 Å². The van der Waals surface area contributed by atoms with Gasteiger partial charge in [-0.25, -0.2) is 0 Å². The SMILES string of the molecule is Cc1ccc(-c2nnc(CN3CCCC3c3nc(C(C)C)no3)o2)n1C. The first-order chi connectivity index (χ1) is 12.5. The van der Waals surface area contributed by atoms with Crippen LogP contribution in [0.25, 0.3) is 11.6 Å².